The van der Waals surface area contributed by atoms with Gasteiger partial charge in [-0.2, -0.15) is 0 Å². The Morgan fingerprint density at radius 2 is 1.84 bits per heavy atom. The Morgan fingerprint density at radius 3 is 2.48 bits per heavy atom. The Labute approximate surface area is 151 Å². The first-order valence-corrected chi connectivity index (χ1v) is 9.67. The van der Waals surface area contributed by atoms with E-state index in [9.17, 15) is 4.79 Å². The lowest BCUT2D eigenvalue weighted by Gasteiger charge is -2.30. The summed E-state index contributed by atoms with van der Waals surface area (Å²) >= 11 is 0. The number of hydrogen-bond acceptors (Lipinski definition) is 4. The van der Waals surface area contributed by atoms with Gasteiger partial charge in [0.2, 0.25) is 5.91 Å². The summed E-state index contributed by atoms with van der Waals surface area (Å²) in [5.74, 6) is 6.20. The van der Waals surface area contributed by atoms with Crippen molar-refractivity contribution in [3.05, 3.63) is 29.8 Å². The van der Waals surface area contributed by atoms with Crippen molar-refractivity contribution in [1.82, 2.24) is 10.3 Å². The number of carbonyl (C=O) groups excluding carboxylic acids is 1. The number of amides is 1. The summed E-state index contributed by atoms with van der Waals surface area (Å²) in [7, 11) is 0. The number of hydrazine groups is 1. The summed E-state index contributed by atoms with van der Waals surface area (Å²) in [5, 5.41) is 0. The third-order valence-electron chi connectivity index (χ3n) is 4.95. The number of piperidine rings is 1. The normalized spacial score (nSPS) is 15.9. The lowest BCUT2D eigenvalue weighted by Crippen LogP contribution is -2.42. The lowest BCUT2D eigenvalue weighted by molar-refractivity contribution is -0.126. The third kappa shape index (κ3) is 7.04. The fourth-order valence-electron chi connectivity index (χ4n) is 3.32. The second kappa shape index (κ2) is 11.1. The van der Waals surface area contributed by atoms with E-state index in [0.29, 0.717) is 0 Å². The van der Waals surface area contributed by atoms with Crippen molar-refractivity contribution in [2.24, 2.45) is 11.8 Å². The molecule has 0 unspecified atom stereocenters. The minimum absolute atomic E-state index is 0.0316. The molecule has 0 radical (unpaired) electrons. The predicted octanol–water partition coefficient (Wildman–Crippen LogP) is 3.24. The SMILES string of the molecule is CCCCCCCOc1ccc(CN2CCC(C(=O)NN)CC2)cc1. The zero-order chi connectivity index (χ0) is 17.9. The van der Waals surface area contributed by atoms with Gasteiger partial charge in [-0.3, -0.25) is 15.1 Å². The quantitative estimate of drug-likeness (QED) is 0.295. The van der Waals surface area contributed by atoms with Crippen LogP contribution in [0.4, 0.5) is 0 Å². The molecule has 1 aliphatic heterocycles. The van der Waals surface area contributed by atoms with Crippen LogP contribution in [0.25, 0.3) is 0 Å². The van der Waals surface area contributed by atoms with E-state index in [0.717, 1.165) is 51.3 Å². The molecule has 0 aromatic heterocycles. The zero-order valence-electron chi connectivity index (χ0n) is 15.5. The van der Waals surface area contributed by atoms with Crippen molar-refractivity contribution in [1.29, 1.82) is 0 Å². The van der Waals surface area contributed by atoms with Crippen LogP contribution in [0.2, 0.25) is 0 Å². The largest absolute Gasteiger partial charge is 0.494 e. The van der Waals surface area contributed by atoms with Gasteiger partial charge < -0.3 is 4.74 Å². The summed E-state index contributed by atoms with van der Waals surface area (Å²) in [5.41, 5.74) is 3.55. The Kier molecular flexibility index (Phi) is 8.77. The van der Waals surface area contributed by atoms with Crippen molar-refractivity contribution in [3.8, 4) is 5.75 Å². The first-order chi connectivity index (χ1) is 12.2. The number of rotatable bonds is 10. The summed E-state index contributed by atoms with van der Waals surface area (Å²) in [6, 6.07) is 8.42. The summed E-state index contributed by atoms with van der Waals surface area (Å²) < 4.78 is 5.81. The lowest BCUT2D eigenvalue weighted by atomic mass is 9.96. The molecule has 25 heavy (non-hydrogen) atoms. The Hall–Kier alpha value is -1.59. The number of carbonyl (C=O) groups is 1. The first-order valence-electron chi connectivity index (χ1n) is 9.67. The van der Waals surface area contributed by atoms with E-state index in [1.54, 1.807) is 0 Å². The highest BCUT2D eigenvalue weighted by atomic mass is 16.5. The molecule has 1 amide bonds. The van der Waals surface area contributed by atoms with Gasteiger partial charge in [0.15, 0.2) is 0 Å². The molecule has 0 bridgehead atoms. The molecule has 1 aromatic rings. The zero-order valence-corrected chi connectivity index (χ0v) is 15.5. The molecule has 1 fully saturated rings. The average molecular weight is 348 g/mol. The molecule has 5 heteroatoms. The Morgan fingerprint density at radius 1 is 1.16 bits per heavy atom. The van der Waals surface area contributed by atoms with Gasteiger partial charge in [-0.05, 0) is 50.0 Å². The van der Waals surface area contributed by atoms with Crippen molar-refractivity contribution in [2.45, 2.75) is 58.4 Å². The molecule has 5 nitrogen and oxygen atoms in total. The number of nitrogens with zero attached hydrogens (tertiary/aromatic N) is 1. The highest BCUT2D eigenvalue weighted by Crippen LogP contribution is 2.20. The van der Waals surface area contributed by atoms with Crippen molar-refractivity contribution in [3.63, 3.8) is 0 Å². The van der Waals surface area contributed by atoms with Crippen LogP contribution in [0, 0.1) is 5.92 Å². The fourth-order valence-corrected chi connectivity index (χ4v) is 3.32. The van der Waals surface area contributed by atoms with E-state index in [4.69, 9.17) is 10.6 Å². The number of nitrogens with two attached hydrogens (primary N) is 1. The molecule has 0 aliphatic carbocycles. The van der Waals surface area contributed by atoms with Crippen LogP contribution in [-0.4, -0.2) is 30.5 Å². The van der Waals surface area contributed by atoms with Crippen LogP contribution < -0.4 is 16.0 Å². The molecule has 1 saturated heterocycles. The summed E-state index contributed by atoms with van der Waals surface area (Å²) in [6.45, 7) is 5.84. The molecule has 0 saturated carbocycles. The number of benzene rings is 1. The van der Waals surface area contributed by atoms with Gasteiger partial charge in [0.25, 0.3) is 0 Å². The van der Waals surface area contributed by atoms with E-state index in [2.05, 4.69) is 41.5 Å². The van der Waals surface area contributed by atoms with Crippen LogP contribution in [0.3, 0.4) is 0 Å². The smallest absolute Gasteiger partial charge is 0.237 e. The van der Waals surface area contributed by atoms with Gasteiger partial charge in [-0.25, -0.2) is 5.84 Å². The number of nitrogens with one attached hydrogen (secondary N) is 1. The van der Waals surface area contributed by atoms with Gasteiger partial charge >= 0.3 is 0 Å². The maximum absolute atomic E-state index is 11.6. The number of ether oxygens (including phenoxy) is 1. The number of hydrogen-bond donors (Lipinski definition) is 2. The highest BCUT2D eigenvalue weighted by Gasteiger charge is 2.24. The predicted molar refractivity (Wildman–Crippen MR) is 101 cm³/mol. The monoisotopic (exact) mass is 347 g/mol. The van der Waals surface area contributed by atoms with Crippen LogP contribution in [-0.2, 0) is 11.3 Å². The molecule has 1 aliphatic rings. The number of likely N-dealkylation sites (tertiary alicyclic amines) is 1. The van der Waals surface area contributed by atoms with Gasteiger partial charge in [-0.15, -0.1) is 0 Å². The topological polar surface area (TPSA) is 67.6 Å². The minimum Gasteiger partial charge on any atom is -0.494 e. The van der Waals surface area contributed by atoms with Crippen LogP contribution in [0.5, 0.6) is 5.75 Å². The maximum Gasteiger partial charge on any atom is 0.237 e. The summed E-state index contributed by atoms with van der Waals surface area (Å²) in [4.78, 5) is 14.0. The fraction of sp³-hybridized carbons (Fsp3) is 0.650. The molecular weight excluding hydrogens is 314 g/mol. The van der Waals surface area contributed by atoms with E-state index < -0.39 is 0 Å². The maximum atomic E-state index is 11.6. The van der Waals surface area contributed by atoms with Crippen molar-refractivity contribution < 1.29 is 9.53 Å². The van der Waals surface area contributed by atoms with Gasteiger partial charge in [0, 0.05) is 12.5 Å². The van der Waals surface area contributed by atoms with E-state index in [-0.39, 0.29) is 11.8 Å². The second-order valence-corrected chi connectivity index (χ2v) is 6.97. The average Bonchev–Trinajstić information content (AvgIpc) is 2.66. The Bertz CT molecular complexity index is 496. The van der Waals surface area contributed by atoms with E-state index in [1.807, 2.05) is 0 Å². The van der Waals surface area contributed by atoms with Gasteiger partial charge in [0.1, 0.15) is 5.75 Å². The molecule has 0 spiro atoms. The van der Waals surface area contributed by atoms with Crippen molar-refractivity contribution >= 4 is 5.91 Å². The van der Waals surface area contributed by atoms with E-state index in [1.165, 1.54) is 31.2 Å². The van der Waals surface area contributed by atoms with Crippen LogP contribution >= 0.6 is 0 Å². The minimum atomic E-state index is -0.0316. The third-order valence-corrected chi connectivity index (χ3v) is 4.95. The van der Waals surface area contributed by atoms with E-state index >= 15 is 0 Å². The molecule has 0 atom stereocenters. The van der Waals surface area contributed by atoms with Gasteiger partial charge in [-0.1, -0.05) is 44.7 Å². The molecule has 1 heterocycles. The highest BCUT2D eigenvalue weighted by molar-refractivity contribution is 5.78. The van der Waals surface area contributed by atoms with Crippen molar-refractivity contribution in [2.75, 3.05) is 19.7 Å². The molecule has 2 rings (SSSR count). The Balaban J connectivity index is 1.66. The molecule has 3 N–H and O–H groups in total. The molecule has 1 aromatic carbocycles. The number of unbranched alkanes of at least 4 members (excludes halogenated alkanes) is 4. The molecule has 140 valence electrons. The first kappa shape index (κ1) is 19.7. The van der Waals surface area contributed by atoms with Crippen LogP contribution in [0.15, 0.2) is 24.3 Å². The second-order valence-electron chi connectivity index (χ2n) is 6.97. The van der Waals surface area contributed by atoms with Gasteiger partial charge in [0.05, 0.1) is 6.61 Å². The standard InChI is InChI=1S/C20H33N3O2/c1-2-3-4-5-6-15-25-19-9-7-17(8-10-19)16-23-13-11-18(12-14-23)20(24)22-21/h7-10,18H,2-6,11-16,21H2,1H3,(H,22,24). The summed E-state index contributed by atoms with van der Waals surface area (Å²) in [6.07, 6.45) is 8.05. The molecular formula is C20H33N3O2. The van der Waals surface area contributed by atoms with Crippen LogP contribution in [0.1, 0.15) is 57.4 Å².